The summed E-state index contributed by atoms with van der Waals surface area (Å²) in [5.74, 6) is -1.60. The molecule has 0 aliphatic carbocycles. The lowest BCUT2D eigenvalue weighted by Crippen LogP contribution is -2.12. The molecule has 0 aliphatic heterocycles. The number of hydrogen-bond donors (Lipinski definition) is 2. The molecule has 0 saturated carbocycles. The maximum absolute atomic E-state index is 13.5. The first kappa shape index (κ1) is 12.4. The van der Waals surface area contributed by atoms with Gasteiger partial charge in [-0.05, 0) is 17.7 Å². The van der Waals surface area contributed by atoms with Crippen LogP contribution in [0.3, 0.4) is 0 Å². The Morgan fingerprint density at radius 3 is 2.56 bits per heavy atom. The average Bonchev–Trinajstić information content (AvgIpc) is 2.15. The third-order valence-electron chi connectivity index (χ3n) is 2.21. The van der Waals surface area contributed by atoms with E-state index < -0.39 is 24.3 Å². The van der Waals surface area contributed by atoms with Crippen LogP contribution in [-0.4, -0.2) is 30.3 Å². The van der Waals surface area contributed by atoms with E-state index in [2.05, 4.69) is 0 Å². The molecule has 1 atom stereocenters. The van der Waals surface area contributed by atoms with Gasteiger partial charge in [-0.3, -0.25) is 4.79 Å². The highest BCUT2D eigenvalue weighted by Gasteiger charge is 2.14. The fourth-order valence-corrected chi connectivity index (χ4v) is 1.38. The third kappa shape index (κ3) is 2.93. The van der Waals surface area contributed by atoms with E-state index in [4.69, 9.17) is 5.11 Å². The molecule has 0 fully saturated rings. The molecule has 0 aliphatic rings. The Morgan fingerprint density at radius 1 is 1.50 bits per heavy atom. The number of aliphatic hydroxyl groups excluding tert-OH is 1. The number of aliphatic hydroxyl groups is 1. The van der Waals surface area contributed by atoms with Gasteiger partial charge >= 0.3 is 5.97 Å². The standard InChI is InChI=1S/C11H14FNO3/c1-13(2)9-4-3-7(5-8(9)12)10(14)6-11(15)16/h3-5,10,14H,6H2,1-2H3,(H,15,16). The van der Waals surface area contributed by atoms with E-state index in [9.17, 15) is 14.3 Å². The minimum absolute atomic E-state index is 0.269. The summed E-state index contributed by atoms with van der Waals surface area (Å²) in [6.07, 6.45) is -1.61. The van der Waals surface area contributed by atoms with Crippen molar-refractivity contribution in [3.05, 3.63) is 29.6 Å². The molecule has 5 heteroatoms. The molecule has 1 aromatic carbocycles. The molecule has 1 aromatic rings. The van der Waals surface area contributed by atoms with Crippen LogP contribution in [0.4, 0.5) is 10.1 Å². The topological polar surface area (TPSA) is 60.8 Å². The second kappa shape index (κ2) is 4.94. The van der Waals surface area contributed by atoms with Gasteiger partial charge in [-0.2, -0.15) is 0 Å². The Hall–Kier alpha value is -1.62. The van der Waals surface area contributed by atoms with Crippen molar-refractivity contribution >= 4 is 11.7 Å². The highest BCUT2D eigenvalue weighted by Crippen LogP contribution is 2.23. The van der Waals surface area contributed by atoms with Gasteiger partial charge in [0.15, 0.2) is 0 Å². The number of carbonyl (C=O) groups is 1. The summed E-state index contributed by atoms with van der Waals surface area (Å²) >= 11 is 0. The smallest absolute Gasteiger partial charge is 0.306 e. The monoisotopic (exact) mass is 227 g/mol. The van der Waals surface area contributed by atoms with Gasteiger partial charge < -0.3 is 15.1 Å². The lowest BCUT2D eigenvalue weighted by molar-refractivity contribution is -0.139. The zero-order chi connectivity index (χ0) is 12.3. The molecule has 0 radical (unpaired) electrons. The fourth-order valence-electron chi connectivity index (χ4n) is 1.38. The Balaban J connectivity index is 2.92. The van der Waals surface area contributed by atoms with Gasteiger partial charge in [0.1, 0.15) is 5.82 Å². The van der Waals surface area contributed by atoms with Crippen molar-refractivity contribution in [2.24, 2.45) is 0 Å². The van der Waals surface area contributed by atoms with E-state index >= 15 is 0 Å². The Morgan fingerprint density at radius 2 is 2.12 bits per heavy atom. The number of carboxylic acid groups (broad SMARTS) is 1. The van der Waals surface area contributed by atoms with E-state index in [0.717, 1.165) is 6.07 Å². The molecular formula is C11H14FNO3. The first-order valence-electron chi connectivity index (χ1n) is 4.78. The SMILES string of the molecule is CN(C)c1ccc(C(O)CC(=O)O)cc1F. The van der Waals surface area contributed by atoms with E-state index in [1.54, 1.807) is 19.0 Å². The number of halogens is 1. The molecule has 1 rings (SSSR count). The Labute approximate surface area is 92.9 Å². The maximum Gasteiger partial charge on any atom is 0.306 e. The van der Waals surface area contributed by atoms with E-state index in [1.165, 1.54) is 12.1 Å². The van der Waals surface area contributed by atoms with Crippen molar-refractivity contribution < 1.29 is 19.4 Å². The van der Waals surface area contributed by atoms with Gasteiger partial charge in [-0.25, -0.2) is 4.39 Å². The van der Waals surface area contributed by atoms with Gasteiger partial charge in [-0.1, -0.05) is 6.07 Å². The van der Waals surface area contributed by atoms with E-state index in [0.29, 0.717) is 5.69 Å². The normalized spacial score (nSPS) is 12.2. The van der Waals surface area contributed by atoms with Gasteiger partial charge in [0.25, 0.3) is 0 Å². The summed E-state index contributed by atoms with van der Waals surface area (Å²) in [6, 6.07) is 4.19. The minimum atomic E-state index is -1.18. The molecule has 0 amide bonds. The summed E-state index contributed by atoms with van der Waals surface area (Å²) in [5.41, 5.74) is 0.664. The van der Waals surface area contributed by atoms with Gasteiger partial charge in [0, 0.05) is 14.1 Å². The van der Waals surface area contributed by atoms with E-state index in [-0.39, 0.29) is 5.56 Å². The third-order valence-corrected chi connectivity index (χ3v) is 2.21. The molecule has 0 aromatic heterocycles. The van der Waals surface area contributed by atoms with Crippen LogP contribution in [0.15, 0.2) is 18.2 Å². The van der Waals surface area contributed by atoms with Crippen molar-refractivity contribution in [1.29, 1.82) is 0 Å². The zero-order valence-electron chi connectivity index (χ0n) is 9.14. The average molecular weight is 227 g/mol. The molecule has 0 bridgehead atoms. The first-order valence-corrected chi connectivity index (χ1v) is 4.78. The predicted octanol–water partition coefficient (Wildman–Crippen LogP) is 1.40. The molecule has 0 heterocycles. The van der Waals surface area contributed by atoms with Crippen LogP contribution >= 0.6 is 0 Å². The number of carboxylic acids is 1. The van der Waals surface area contributed by atoms with E-state index in [1.807, 2.05) is 0 Å². The summed E-state index contributed by atoms with van der Waals surface area (Å²) in [4.78, 5) is 12.0. The number of hydrogen-bond acceptors (Lipinski definition) is 3. The molecular weight excluding hydrogens is 213 g/mol. The van der Waals surface area contributed by atoms with Gasteiger partial charge in [-0.15, -0.1) is 0 Å². The van der Waals surface area contributed by atoms with Crippen molar-refractivity contribution in [3.63, 3.8) is 0 Å². The Bertz CT molecular complexity index is 393. The maximum atomic E-state index is 13.5. The summed E-state index contributed by atoms with van der Waals surface area (Å²) < 4.78 is 13.5. The summed E-state index contributed by atoms with van der Waals surface area (Å²) in [5, 5.41) is 18.0. The minimum Gasteiger partial charge on any atom is -0.481 e. The number of nitrogens with zero attached hydrogens (tertiary/aromatic N) is 1. The van der Waals surface area contributed by atoms with Crippen LogP contribution in [-0.2, 0) is 4.79 Å². The predicted molar refractivity (Wildman–Crippen MR) is 57.9 cm³/mol. The number of rotatable bonds is 4. The van der Waals surface area contributed by atoms with Gasteiger partial charge in [0.2, 0.25) is 0 Å². The number of benzene rings is 1. The molecule has 1 unspecified atom stereocenters. The van der Waals surface area contributed by atoms with Gasteiger partial charge in [0.05, 0.1) is 18.2 Å². The fraction of sp³-hybridized carbons (Fsp3) is 0.364. The van der Waals surface area contributed by atoms with Crippen molar-refractivity contribution in [1.82, 2.24) is 0 Å². The lowest BCUT2D eigenvalue weighted by atomic mass is 10.1. The van der Waals surface area contributed by atoms with Crippen molar-refractivity contribution in [2.75, 3.05) is 19.0 Å². The first-order chi connectivity index (χ1) is 7.41. The summed E-state index contributed by atoms with van der Waals surface area (Å²) in [7, 11) is 3.40. The van der Waals surface area contributed by atoms with Crippen LogP contribution in [0.1, 0.15) is 18.1 Å². The molecule has 0 saturated heterocycles. The van der Waals surface area contributed by atoms with Crippen LogP contribution < -0.4 is 4.90 Å². The van der Waals surface area contributed by atoms with Crippen LogP contribution in [0.5, 0.6) is 0 Å². The molecule has 2 N–H and O–H groups in total. The highest BCUT2D eigenvalue weighted by molar-refractivity contribution is 5.67. The number of anilines is 1. The largest absolute Gasteiger partial charge is 0.481 e. The van der Waals surface area contributed by atoms with Crippen molar-refractivity contribution in [2.45, 2.75) is 12.5 Å². The lowest BCUT2D eigenvalue weighted by Gasteiger charge is -2.15. The molecule has 16 heavy (non-hydrogen) atoms. The molecule has 88 valence electrons. The van der Waals surface area contributed by atoms with Crippen LogP contribution in [0.25, 0.3) is 0 Å². The molecule has 0 spiro atoms. The summed E-state index contributed by atoms with van der Waals surface area (Å²) in [6.45, 7) is 0. The van der Waals surface area contributed by atoms with Crippen LogP contribution in [0, 0.1) is 5.82 Å². The Kier molecular flexibility index (Phi) is 3.84. The molecule has 4 nitrogen and oxygen atoms in total. The quantitative estimate of drug-likeness (QED) is 0.816. The number of aliphatic carboxylic acids is 1. The second-order valence-electron chi connectivity index (χ2n) is 3.72. The van der Waals surface area contributed by atoms with Crippen molar-refractivity contribution in [3.8, 4) is 0 Å². The van der Waals surface area contributed by atoms with Crippen LogP contribution in [0.2, 0.25) is 0 Å². The zero-order valence-corrected chi connectivity index (χ0v) is 9.14. The highest BCUT2D eigenvalue weighted by atomic mass is 19.1. The second-order valence-corrected chi connectivity index (χ2v) is 3.72.